The average Bonchev–Trinajstić information content (AvgIpc) is 3.27. The summed E-state index contributed by atoms with van der Waals surface area (Å²) in [5, 5.41) is 33.3. The Morgan fingerprint density at radius 2 is 0.694 bits per heavy atom. The minimum Gasteiger partial charge on any atom is -0.394 e. The van der Waals surface area contributed by atoms with Gasteiger partial charge in [0.15, 0.2) is 0 Å². The standard InChI is InChI=1S/C57H107NO4/c1-3-5-7-9-11-13-15-17-19-20-21-22-23-24-25-26-27-28-29-30-31-32-33-34-35-36-37-38-40-42-44-46-48-50-54(60)52-57(62)58-55(53-59)56(61)51-49-47-45-43-41-39-18-16-14-12-10-8-6-4-2/h14,16,26-27,41,43,49,51,54-56,59-61H,3-13,15,17-25,28-40,42,44-48,50,52-53H2,1-2H3,(H,58,62)/b16-14+,27-26-,43-41+,51-49+. The van der Waals surface area contributed by atoms with Crippen LogP contribution in [0.3, 0.4) is 0 Å². The molecule has 0 aromatic rings. The van der Waals surface area contributed by atoms with Gasteiger partial charge in [-0.2, -0.15) is 0 Å². The third kappa shape index (κ3) is 47.8. The fourth-order valence-electron chi connectivity index (χ4n) is 8.37. The number of nitrogens with one attached hydrogen (secondary N) is 1. The highest BCUT2D eigenvalue weighted by Crippen LogP contribution is 2.17. The zero-order valence-corrected chi connectivity index (χ0v) is 41.5. The number of hydrogen-bond donors (Lipinski definition) is 4. The van der Waals surface area contributed by atoms with Gasteiger partial charge in [-0.25, -0.2) is 0 Å². The predicted octanol–water partition coefficient (Wildman–Crippen LogP) is 16.8. The first-order valence-corrected chi connectivity index (χ1v) is 27.4. The van der Waals surface area contributed by atoms with E-state index in [1.54, 1.807) is 6.08 Å². The molecule has 0 aliphatic heterocycles. The second kappa shape index (κ2) is 51.9. The Kier molecular flexibility index (Phi) is 50.5. The van der Waals surface area contributed by atoms with E-state index in [0.29, 0.717) is 6.42 Å². The fraction of sp³-hybridized carbons (Fsp3) is 0.842. The maximum absolute atomic E-state index is 12.5. The van der Waals surface area contributed by atoms with Gasteiger partial charge in [-0.3, -0.25) is 4.79 Å². The molecular weight excluding hydrogens is 763 g/mol. The van der Waals surface area contributed by atoms with E-state index < -0.39 is 18.2 Å². The summed E-state index contributed by atoms with van der Waals surface area (Å²) < 4.78 is 0. The van der Waals surface area contributed by atoms with Crippen molar-refractivity contribution in [3.8, 4) is 0 Å². The molecule has 0 fully saturated rings. The van der Waals surface area contributed by atoms with Gasteiger partial charge >= 0.3 is 0 Å². The zero-order chi connectivity index (χ0) is 45.1. The van der Waals surface area contributed by atoms with Crippen LogP contribution in [-0.4, -0.2) is 46.1 Å². The van der Waals surface area contributed by atoms with Crippen molar-refractivity contribution in [2.75, 3.05) is 6.61 Å². The Balaban J connectivity index is 3.53. The Morgan fingerprint density at radius 1 is 0.403 bits per heavy atom. The topological polar surface area (TPSA) is 89.8 Å². The fourth-order valence-corrected chi connectivity index (χ4v) is 8.37. The summed E-state index contributed by atoms with van der Waals surface area (Å²) in [5.74, 6) is -0.328. The van der Waals surface area contributed by atoms with Crippen molar-refractivity contribution in [2.45, 2.75) is 302 Å². The summed E-state index contributed by atoms with van der Waals surface area (Å²) in [6.07, 6.45) is 68.8. The number of allylic oxidation sites excluding steroid dienone is 7. The molecule has 0 spiro atoms. The van der Waals surface area contributed by atoms with Gasteiger partial charge in [0.05, 0.1) is 31.3 Å². The van der Waals surface area contributed by atoms with Crippen molar-refractivity contribution in [1.29, 1.82) is 0 Å². The lowest BCUT2D eigenvalue weighted by Crippen LogP contribution is -2.45. The molecule has 0 heterocycles. The minimum absolute atomic E-state index is 0.00298. The molecule has 3 unspecified atom stereocenters. The quantitative estimate of drug-likeness (QED) is 0.0362. The van der Waals surface area contributed by atoms with Gasteiger partial charge in [-0.05, 0) is 70.6 Å². The molecule has 0 radical (unpaired) electrons. The number of carbonyl (C=O) groups is 1. The highest BCUT2D eigenvalue weighted by Gasteiger charge is 2.20. The molecule has 1 amide bonds. The lowest BCUT2D eigenvalue weighted by Gasteiger charge is -2.21. The molecule has 4 N–H and O–H groups in total. The summed E-state index contributed by atoms with van der Waals surface area (Å²) in [6.45, 7) is 4.19. The lowest BCUT2D eigenvalue weighted by molar-refractivity contribution is -0.124. The van der Waals surface area contributed by atoms with Gasteiger partial charge in [0.25, 0.3) is 0 Å². The first-order chi connectivity index (χ1) is 30.5. The summed E-state index contributed by atoms with van der Waals surface area (Å²) in [7, 11) is 0. The summed E-state index contributed by atoms with van der Waals surface area (Å²) in [5.41, 5.74) is 0. The second-order valence-corrected chi connectivity index (χ2v) is 18.8. The third-order valence-corrected chi connectivity index (χ3v) is 12.6. The van der Waals surface area contributed by atoms with E-state index in [0.717, 1.165) is 38.5 Å². The zero-order valence-electron chi connectivity index (χ0n) is 41.5. The van der Waals surface area contributed by atoms with Gasteiger partial charge in [0.2, 0.25) is 5.91 Å². The van der Waals surface area contributed by atoms with Crippen LogP contribution in [0.1, 0.15) is 284 Å². The van der Waals surface area contributed by atoms with Gasteiger partial charge in [-0.1, -0.05) is 255 Å². The molecule has 0 rings (SSSR count). The van der Waals surface area contributed by atoms with Crippen LogP contribution in [-0.2, 0) is 4.79 Å². The van der Waals surface area contributed by atoms with Crippen molar-refractivity contribution < 1.29 is 20.1 Å². The van der Waals surface area contributed by atoms with Crippen molar-refractivity contribution in [1.82, 2.24) is 5.32 Å². The summed E-state index contributed by atoms with van der Waals surface area (Å²) >= 11 is 0. The third-order valence-electron chi connectivity index (χ3n) is 12.6. The van der Waals surface area contributed by atoms with E-state index in [-0.39, 0.29) is 18.9 Å². The molecular formula is C57H107NO4. The molecule has 3 atom stereocenters. The van der Waals surface area contributed by atoms with Crippen molar-refractivity contribution in [2.24, 2.45) is 0 Å². The maximum Gasteiger partial charge on any atom is 0.222 e. The average molecular weight is 870 g/mol. The molecule has 0 aliphatic carbocycles. The predicted molar refractivity (Wildman–Crippen MR) is 273 cm³/mol. The highest BCUT2D eigenvalue weighted by atomic mass is 16.3. The molecule has 0 aliphatic rings. The van der Waals surface area contributed by atoms with Crippen LogP contribution in [0, 0.1) is 0 Å². The van der Waals surface area contributed by atoms with Crippen LogP contribution >= 0.6 is 0 Å². The van der Waals surface area contributed by atoms with Gasteiger partial charge < -0.3 is 20.6 Å². The van der Waals surface area contributed by atoms with Gasteiger partial charge in [-0.15, -0.1) is 0 Å². The van der Waals surface area contributed by atoms with Gasteiger partial charge in [0.1, 0.15) is 0 Å². The Hall–Kier alpha value is -1.69. The van der Waals surface area contributed by atoms with E-state index >= 15 is 0 Å². The summed E-state index contributed by atoms with van der Waals surface area (Å²) in [6, 6.07) is -0.767. The molecule has 5 nitrogen and oxygen atoms in total. The van der Waals surface area contributed by atoms with E-state index in [9.17, 15) is 20.1 Å². The number of hydrogen-bond acceptors (Lipinski definition) is 4. The second-order valence-electron chi connectivity index (χ2n) is 18.8. The normalized spacial score (nSPS) is 13.7. The van der Waals surface area contributed by atoms with Crippen LogP contribution < -0.4 is 5.32 Å². The molecule has 62 heavy (non-hydrogen) atoms. The van der Waals surface area contributed by atoms with Crippen LogP contribution in [0.2, 0.25) is 0 Å². The number of carbonyl (C=O) groups excluding carboxylic acids is 1. The largest absolute Gasteiger partial charge is 0.394 e. The molecule has 5 heteroatoms. The lowest BCUT2D eigenvalue weighted by atomic mass is 10.0. The van der Waals surface area contributed by atoms with Crippen molar-refractivity contribution >= 4 is 5.91 Å². The molecule has 0 bridgehead atoms. The van der Waals surface area contributed by atoms with Crippen LogP contribution in [0.15, 0.2) is 48.6 Å². The molecule has 0 aromatic heterocycles. The van der Waals surface area contributed by atoms with Crippen molar-refractivity contribution in [3.05, 3.63) is 48.6 Å². The van der Waals surface area contributed by atoms with Crippen molar-refractivity contribution in [3.63, 3.8) is 0 Å². The first kappa shape index (κ1) is 60.3. The highest BCUT2D eigenvalue weighted by molar-refractivity contribution is 5.76. The van der Waals surface area contributed by atoms with Crippen LogP contribution in [0.4, 0.5) is 0 Å². The number of amides is 1. The van der Waals surface area contributed by atoms with Gasteiger partial charge in [0, 0.05) is 0 Å². The van der Waals surface area contributed by atoms with E-state index in [1.807, 2.05) is 6.08 Å². The molecule has 0 aromatic carbocycles. The number of unbranched alkanes of at least 4 members (excludes halogenated alkanes) is 35. The first-order valence-electron chi connectivity index (χ1n) is 27.4. The molecule has 0 saturated carbocycles. The number of aliphatic hydroxyl groups is 3. The van der Waals surface area contributed by atoms with E-state index in [2.05, 4.69) is 55.6 Å². The molecule has 0 saturated heterocycles. The van der Waals surface area contributed by atoms with Crippen LogP contribution in [0.5, 0.6) is 0 Å². The Bertz CT molecular complexity index is 1000. The number of aliphatic hydroxyl groups excluding tert-OH is 3. The smallest absolute Gasteiger partial charge is 0.222 e. The molecule has 364 valence electrons. The van der Waals surface area contributed by atoms with Crippen LogP contribution in [0.25, 0.3) is 0 Å². The SMILES string of the molecule is CCCCCC/C=C/CC/C=C/CC/C=C/C(O)C(CO)NC(=O)CC(O)CCCCCCCCCCCCCCCCC/C=C\CCCCCCCCCCCCCCCC. The Morgan fingerprint density at radius 3 is 1.05 bits per heavy atom. The minimum atomic E-state index is -0.960. The van der Waals surface area contributed by atoms with E-state index in [4.69, 9.17) is 0 Å². The number of rotatable bonds is 50. The van der Waals surface area contributed by atoms with E-state index in [1.165, 1.54) is 218 Å². The monoisotopic (exact) mass is 870 g/mol. The summed E-state index contributed by atoms with van der Waals surface area (Å²) in [4.78, 5) is 12.5. The Labute approximate surface area is 387 Å². The maximum atomic E-state index is 12.5.